The number of hydrogen-bond donors (Lipinski definition) is 6. The van der Waals surface area contributed by atoms with Crippen LogP contribution in [0.15, 0.2) is 0 Å². The molecule has 0 aromatic rings. The van der Waals surface area contributed by atoms with Crippen LogP contribution in [0.3, 0.4) is 0 Å². The first-order chi connectivity index (χ1) is 13.5. The third kappa shape index (κ3) is 8.20. The molecule has 0 atom stereocenters. The third-order valence-corrected chi connectivity index (χ3v) is 7.16. The molecule has 3 fully saturated rings. The van der Waals surface area contributed by atoms with Gasteiger partial charge in [-0.25, -0.2) is 0 Å². The molecule has 3 saturated carbocycles. The molecule has 0 bridgehead atoms. The normalized spacial score (nSPS) is 30.1. The van der Waals surface area contributed by atoms with E-state index >= 15 is 0 Å². The summed E-state index contributed by atoms with van der Waals surface area (Å²) in [6, 6.07) is 0. The van der Waals surface area contributed by atoms with E-state index in [0.717, 1.165) is 37.5 Å². The fraction of sp³-hybridized carbons (Fsp3) is 0.905. The summed E-state index contributed by atoms with van der Waals surface area (Å²) in [6.45, 7) is 0. The third-order valence-electron chi connectivity index (χ3n) is 7.16. The highest BCUT2D eigenvalue weighted by Crippen LogP contribution is 2.37. The van der Waals surface area contributed by atoms with Crippen molar-refractivity contribution in [3.05, 3.63) is 0 Å². The van der Waals surface area contributed by atoms with Gasteiger partial charge < -0.3 is 33.1 Å². The molecule has 0 aromatic heterocycles. The summed E-state index contributed by atoms with van der Waals surface area (Å²) >= 11 is 0. The molecular formula is C21H40N4O4. The van der Waals surface area contributed by atoms with Gasteiger partial charge in [0.05, 0.1) is 23.2 Å². The first-order valence-electron chi connectivity index (χ1n) is 11.1. The molecule has 0 radical (unpaired) electrons. The summed E-state index contributed by atoms with van der Waals surface area (Å²) in [5.41, 5.74) is 23.0. The van der Waals surface area contributed by atoms with Gasteiger partial charge in [-0.2, -0.15) is 0 Å². The SMILES string of the molecule is NC1(N)CCC(CC2CCC(N)(N)CC2)CC1.O=C(O)C1CCC(C(=O)O)CC1. The number of carboxylic acids is 2. The van der Waals surface area contributed by atoms with Gasteiger partial charge in [-0.3, -0.25) is 9.59 Å². The van der Waals surface area contributed by atoms with Crippen molar-refractivity contribution in [2.24, 2.45) is 46.6 Å². The first kappa shape index (κ1) is 24.1. The highest BCUT2D eigenvalue weighted by atomic mass is 16.4. The van der Waals surface area contributed by atoms with Crippen LogP contribution >= 0.6 is 0 Å². The van der Waals surface area contributed by atoms with Crippen LogP contribution in [0.4, 0.5) is 0 Å². The minimum atomic E-state index is -0.793. The summed E-state index contributed by atoms with van der Waals surface area (Å²) in [7, 11) is 0. The number of carboxylic acid groups (broad SMARTS) is 2. The van der Waals surface area contributed by atoms with Gasteiger partial charge in [-0.15, -0.1) is 0 Å². The van der Waals surface area contributed by atoms with Gasteiger partial charge in [-0.1, -0.05) is 0 Å². The average Bonchev–Trinajstić information content (AvgIpc) is 2.65. The van der Waals surface area contributed by atoms with Gasteiger partial charge in [0.25, 0.3) is 0 Å². The Morgan fingerprint density at radius 3 is 1.14 bits per heavy atom. The van der Waals surface area contributed by atoms with Crippen LogP contribution in [-0.4, -0.2) is 33.5 Å². The molecule has 3 aliphatic carbocycles. The monoisotopic (exact) mass is 412 g/mol. The molecule has 0 aromatic carbocycles. The smallest absolute Gasteiger partial charge is 0.306 e. The van der Waals surface area contributed by atoms with Crippen molar-refractivity contribution in [2.45, 2.75) is 94.8 Å². The van der Waals surface area contributed by atoms with E-state index in [9.17, 15) is 9.59 Å². The standard InChI is InChI=1S/C13H28N4.C8H12O4/c14-12(15)5-1-10(2-6-12)9-11-3-7-13(16,17)8-4-11;9-7(10)5-1-2-6(4-3-5)8(11)12/h10-11H,1-9,14-17H2;5-6H,1-4H2,(H,9,10)(H,11,12). The summed E-state index contributed by atoms with van der Waals surface area (Å²) in [5, 5.41) is 17.2. The van der Waals surface area contributed by atoms with Crippen LogP contribution in [0.1, 0.15) is 83.5 Å². The zero-order valence-electron chi connectivity index (χ0n) is 17.5. The zero-order chi connectivity index (χ0) is 21.7. The lowest BCUT2D eigenvalue weighted by Gasteiger charge is -2.38. The number of carbonyl (C=O) groups is 2. The van der Waals surface area contributed by atoms with Gasteiger partial charge in [0.1, 0.15) is 0 Å². The van der Waals surface area contributed by atoms with Gasteiger partial charge in [0.15, 0.2) is 0 Å². The van der Waals surface area contributed by atoms with E-state index < -0.39 is 23.3 Å². The molecule has 0 heterocycles. The van der Waals surface area contributed by atoms with Crippen molar-refractivity contribution in [2.75, 3.05) is 0 Å². The van der Waals surface area contributed by atoms with Gasteiger partial charge in [-0.05, 0) is 95.3 Å². The van der Waals surface area contributed by atoms with E-state index in [4.69, 9.17) is 33.1 Å². The van der Waals surface area contributed by atoms with Crippen molar-refractivity contribution in [1.29, 1.82) is 0 Å². The largest absolute Gasteiger partial charge is 0.481 e. The van der Waals surface area contributed by atoms with E-state index in [-0.39, 0.29) is 11.8 Å². The summed E-state index contributed by atoms with van der Waals surface area (Å²) in [4.78, 5) is 21.0. The van der Waals surface area contributed by atoms with E-state index in [1.807, 2.05) is 0 Å². The highest BCUT2D eigenvalue weighted by molar-refractivity contribution is 5.72. The van der Waals surface area contributed by atoms with Crippen molar-refractivity contribution in [1.82, 2.24) is 0 Å². The summed E-state index contributed by atoms with van der Waals surface area (Å²) in [5.74, 6) is -0.578. The Balaban J connectivity index is 0.000000221. The van der Waals surface area contributed by atoms with Crippen LogP contribution in [0.2, 0.25) is 0 Å². The van der Waals surface area contributed by atoms with Gasteiger partial charge in [0, 0.05) is 0 Å². The van der Waals surface area contributed by atoms with E-state index in [2.05, 4.69) is 0 Å². The van der Waals surface area contributed by atoms with Crippen molar-refractivity contribution < 1.29 is 19.8 Å². The molecule has 10 N–H and O–H groups in total. The second-order valence-corrected chi connectivity index (χ2v) is 9.81. The molecule has 0 amide bonds. The zero-order valence-corrected chi connectivity index (χ0v) is 17.5. The summed E-state index contributed by atoms with van der Waals surface area (Å²) in [6.07, 6.45) is 12.0. The quantitative estimate of drug-likeness (QED) is 0.379. The Morgan fingerprint density at radius 2 is 0.897 bits per heavy atom. The van der Waals surface area contributed by atoms with Crippen LogP contribution in [0.25, 0.3) is 0 Å². The predicted molar refractivity (Wildman–Crippen MR) is 111 cm³/mol. The maximum Gasteiger partial charge on any atom is 0.306 e. The molecule has 168 valence electrons. The first-order valence-corrected chi connectivity index (χ1v) is 11.1. The fourth-order valence-electron chi connectivity index (χ4n) is 4.96. The van der Waals surface area contributed by atoms with Crippen molar-refractivity contribution >= 4 is 11.9 Å². The lowest BCUT2D eigenvalue weighted by Crippen LogP contribution is -2.52. The molecule has 0 unspecified atom stereocenters. The molecular weight excluding hydrogens is 372 g/mol. The maximum atomic E-state index is 10.5. The molecule has 0 aliphatic heterocycles. The number of rotatable bonds is 4. The second kappa shape index (κ2) is 10.2. The summed E-state index contributed by atoms with van der Waals surface area (Å²) < 4.78 is 0. The minimum absolute atomic E-state index is 0.319. The Kier molecular flexibility index (Phi) is 8.46. The van der Waals surface area contributed by atoms with Crippen molar-refractivity contribution in [3.63, 3.8) is 0 Å². The molecule has 8 heteroatoms. The lowest BCUT2D eigenvalue weighted by molar-refractivity contribution is -0.148. The van der Waals surface area contributed by atoms with Crippen LogP contribution in [0.5, 0.6) is 0 Å². The van der Waals surface area contributed by atoms with Gasteiger partial charge in [0.2, 0.25) is 0 Å². The van der Waals surface area contributed by atoms with Crippen LogP contribution in [0, 0.1) is 23.7 Å². The average molecular weight is 413 g/mol. The number of nitrogens with two attached hydrogens (primary N) is 4. The van der Waals surface area contributed by atoms with Crippen LogP contribution in [-0.2, 0) is 9.59 Å². The Morgan fingerprint density at radius 1 is 0.621 bits per heavy atom. The molecule has 29 heavy (non-hydrogen) atoms. The van der Waals surface area contributed by atoms with E-state index in [1.165, 1.54) is 32.1 Å². The molecule has 3 rings (SSSR count). The van der Waals surface area contributed by atoms with Gasteiger partial charge >= 0.3 is 11.9 Å². The topological polar surface area (TPSA) is 179 Å². The predicted octanol–water partition coefficient (Wildman–Crippen LogP) is 1.95. The van der Waals surface area contributed by atoms with E-state index in [1.54, 1.807) is 0 Å². The number of hydrogen-bond acceptors (Lipinski definition) is 6. The number of aliphatic carboxylic acids is 2. The molecule has 0 spiro atoms. The Labute approximate surface area is 173 Å². The highest BCUT2D eigenvalue weighted by Gasteiger charge is 2.32. The minimum Gasteiger partial charge on any atom is -0.481 e. The Hall–Kier alpha value is -1.22. The molecule has 8 nitrogen and oxygen atoms in total. The second-order valence-electron chi connectivity index (χ2n) is 9.81. The molecule has 0 saturated heterocycles. The maximum absolute atomic E-state index is 10.5. The van der Waals surface area contributed by atoms with Crippen LogP contribution < -0.4 is 22.9 Å². The fourth-order valence-corrected chi connectivity index (χ4v) is 4.96. The van der Waals surface area contributed by atoms with Crippen molar-refractivity contribution in [3.8, 4) is 0 Å². The molecule has 3 aliphatic rings. The van der Waals surface area contributed by atoms with E-state index in [0.29, 0.717) is 25.7 Å². The Bertz CT molecular complexity index is 491. The lowest BCUT2D eigenvalue weighted by atomic mass is 9.73.